The summed E-state index contributed by atoms with van der Waals surface area (Å²) in [6, 6.07) is 18.5. The monoisotopic (exact) mass is 340 g/mol. The minimum atomic E-state index is -0.539. The van der Waals surface area contributed by atoms with Crippen LogP contribution in [0.25, 0.3) is 10.9 Å². The SMILES string of the molecule is Cc1ccc2cc(C(C)(N)c3cccc(Br)c3)ccc2n1. The van der Waals surface area contributed by atoms with Crippen LogP contribution < -0.4 is 5.73 Å². The average molecular weight is 341 g/mol. The van der Waals surface area contributed by atoms with Gasteiger partial charge in [0.25, 0.3) is 0 Å². The van der Waals surface area contributed by atoms with E-state index in [1.807, 2.05) is 38.1 Å². The molecule has 0 radical (unpaired) electrons. The first kappa shape index (κ1) is 14.2. The zero-order valence-corrected chi connectivity index (χ0v) is 13.7. The van der Waals surface area contributed by atoms with E-state index in [4.69, 9.17) is 5.73 Å². The molecule has 0 saturated carbocycles. The van der Waals surface area contributed by atoms with Crippen molar-refractivity contribution in [2.45, 2.75) is 19.4 Å². The van der Waals surface area contributed by atoms with Gasteiger partial charge in [-0.2, -0.15) is 0 Å². The molecule has 0 amide bonds. The van der Waals surface area contributed by atoms with E-state index in [0.717, 1.165) is 32.2 Å². The van der Waals surface area contributed by atoms with Gasteiger partial charge in [0.2, 0.25) is 0 Å². The summed E-state index contributed by atoms with van der Waals surface area (Å²) in [6.07, 6.45) is 0. The van der Waals surface area contributed by atoms with Crippen molar-refractivity contribution in [2.75, 3.05) is 0 Å². The Hall–Kier alpha value is -1.71. The maximum absolute atomic E-state index is 6.61. The molecule has 2 nitrogen and oxygen atoms in total. The Balaban J connectivity index is 2.12. The maximum atomic E-state index is 6.61. The van der Waals surface area contributed by atoms with Crippen molar-refractivity contribution in [3.63, 3.8) is 0 Å². The molecular formula is C18H17BrN2. The lowest BCUT2D eigenvalue weighted by molar-refractivity contribution is 0.603. The summed E-state index contributed by atoms with van der Waals surface area (Å²) >= 11 is 3.51. The third-order valence-corrected chi connectivity index (χ3v) is 4.35. The lowest BCUT2D eigenvalue weighted by Gasteiger charge is -2.26. The van der Waals surface area contributed by atoms with E-state index < -0.39 is 5.54 Å². The molecule has 106 valence electrons. The standard InChI is InChI=1S/C18H17BrN2/c1-12-6-7-13-10-15(8-9-17(13)21-12)18(2,20)14-4-3-5-16(19)11-14/h3-11H,20H2,1-2H3. The Morgan fingerprint density at radius 1 is 1.00 bits per heavy atom. The van der Waals surface area contributed by atoms with Crippen molar-refractivity contribution in [1.29, 1.82) is 0 Å². The summed E-state index contributed by atoms with van der Waals surface area (Å²) in [5.41, 5.74) is 10.3. The van der Waals surface area contributed by atoms with Crippen LogP contribution in [0, 0.1) is 6.92 Å². The minimum absolute atomic E-state index is 0.539. The number of halogens is 1. The van der Waals surface area contributed by atoms with Crippen molar-refractivity contribution in [1.82, 2.24) is 4.98 Å². The van der Waals surface area contributed by atoms with E-state index in [9.17, 15) is 0 Å². The molecule has 0 saturated heterocycles. The second kappa shape index (κ2) is 5.24. The number of benzene rings is 2. The Morgan fingerprint density at radius 3 is 2.52 bits per heavy atom. The van der Waals surface area contributed by atoms with Crippen LogP contribution in [0.3, 0.4) is 0 Å². The van der Waals surface area contributed by atoms with Gasteiger partial charge in [-0.3, -0.25) is 4.98 Å². The molecule has 3 aromatic rings. The maximum Gasteiger partial charge on any atom is 0.0705 e. The number of rotatable bonds is 2. The number of aryl methyl sites for hydroxylation is 1. The average Bonchev–Trinajstić information content (AvgIpc) is 2.46. The Labute approximate surface area is 133 Å². The molecular weight excluding hydrogens is 324 g/mol. The van der Waals surface area contributed by atoms with E-state index in [-0.39, 0.29) is 0 Å². The van der Waals surface area contributed by atoms with Gasteiger partial charge in [-0.25, -0.2) is 0 Å². The third kappa shape index (κ3) is 2.71. The number of aromatic nitrogens is 1. The lowest BCUT2D eigenvalue weighted by Crippen LogP contribution is -2.34. The Bertz CT molecular complexity index is 809. The molecule has 3 heteroatoms. The van der Waals surface area contributed by atoms with Crippen LogP contribution in [-0.2, 0) is 5.54 Å². The number of fused-ring (bicyclic) bond motifs is 1. The van der Waals surface area contributed by atoms with E-state index in [0.29, 0.717) is 0 Å². The fourth-order valence-corrected chi connectivity index (χ4v) is 2.93. The third-order valence-electron chi connectivity index (χ3n) is 3.85. The highest BCUT2D eigenvalue weighted by Gasteiger charge is 2.24. The highest BCUT2D eigenvalue weighted by atomic mass is 79.9. The summed E-state index contributed by atoms with van der Waals surface area (Å²) in [7, 11) is 0. The van der Waals surface area contributed by atoms with Crippen molar-refractivity contribution >= 4 is 26.8 Å². The van der Waals surface area contributed by atoms with E-state index >= 15 is 0 Å². The number of nitrogens with two attached hydrogens (primary N) is 1. The zero-order valence-electron chi connectivity index (χ0n) is 12.1. The molecule has 21 heavy (non-hydrogen) atoms. The van der Waals surface area contributed by atoms with Gasteiger partial charge in [-0.15, -0.1) is 0 Å². The summed E-state index contributed by atoms with van der Waals surface area (Å²) in [4.78, 5) is 4.54. The van der Waals surface area contributed by atoms with Crippen molar-refractivity contribution in [3.8, 4) is 0 Å². The molecule has 1 atom stereocenters. The van der Waals surface area contributed by atoms with Crippen LogP contribution in [0.5, 0.6) is 0 Å². The lowest BCUT2D eigenvalue weighted by atomic mass is 9.85. The molecule has 0 bridgehead atoms. The van der Waals surface area contributed by atoms with Gasteiger partial charge in [-0.1, -0.05) is 40.2 Å². The summed E-state index contributed by atoms with van der Waals surface area (Å²) < 4.78 is 1.04. The Kier molecular flexibility index (Phi) is 3.56. The fraction of sp³-hybridized carbons (Fsp3) is 0.167. The molecule has 0 aliphatic heterocycles. The van der Waals surface area contributed by atoms with E-state index in [2.05, 4.69) is 51.2 Å². The predicted molar refractivity (Wildman–Crippen MR) is 91.3 cm³/mol. The number of nitrogens with zero attached hydrogens (tertiary/aromatic N) is 1. The molecule has 1 aromatic heterocycles. The van der Waals surface area contributed by atoms with Crippen LogP contribution in [0.15, 0.2) is 59.1 Å². The summed E-state index contributed by atoms with van der Waals surface area (Å²) in [6.45, 7) is 4.04. The minimum Gasteiger partial charge on any atom is -0.318 e. The summed E-state index contributed by atoms with van der Waals surface area (Å²) in [5.74, 6) is 0. The van der Waals surface area contributed by atoms with Gasteiger partial charge in [-0.05, 0) is 55.3 Å². The van der Waals surface area contributed by atoms with Crippen LogP contribution in [0.4, 0.5) is 0 Å². The molecule has 2 N–H and O–H groups in total. The first-order chi connectivity index (χ1) is 9.96. The van der Waals surface area contributed by atoms with Gasteiger partial charge in [0.1, 0.15) is 0 Å². The van der Waals surface area contributed by atoms with Crippen LogP contribution in [-0.4, -0.2) is 4.98 Å². The second-order valence-corrected chi connectivity index (χ2v) is 6.49. The molecule has 0 aliphatic rings. The fourth-order valence-electron chi connectivity index (χ4n) is 2.53. The molecule has 1 unspecified atom stereocenters. The van der Waals surface area contributed by atoms with Gasteiger partial charge in [0.05, 0.1) is 11.1 Å². The van der Waals surface area contributed by atoms with Crippen molar-refractivity contribution in [2.24, 2.45) is 5.73 Å². The van der Waals surface area contributed by atoms with Crippen LogP contribution in [0.1, 0.15) is 23.7 Å². The first-order valence-electron chi connectivity index (χ1n) is 6.89. The van der Waals surface area contributed by atoms with Gasteiger partial charge in [0, 0.05) is 15.6 Å². The topological polar surface area (TPSA) is 38.9 Å². The highest BCUT2D eigenvalue weighted by Crippen LogP contribution is 2.30. The molecule has 2 aromatic carbocycles. The van der Waals surface area contributed by atoms with E-state index in [1.54, 1.807) is 0 Å². The quantitative estimate of drug-likeness (QED) is 0.744. The molecule has 1 heterocycles. The Morgan fingerprint density at radius 2 is 1.76 bits per heavy atom. The largest absolute Gasteiger partial charge is 0.318 e. The van der Waals surface area contributed by atoms with E-state index in [1.165, 1.54) is 0 Å². The normalized spacial score (nSPS) is 14.1. The van der Waals surface area contributed by atoms with Gasteiger partial charge >= 0.3 is 0 Å². The van der Waals surface area contributed by atoms with Gasteiger partial charge < -0.3 is 5.73 Å². The number of hydrogen-bond acceptors (Lipinski definition) is 2. The smallest absolute Gasteiger partial charge is 0.0705 e. The molecule has 0 aliphatic carbocycles. The number of hydrogen-bond donors (Lipinski definition) is 1. The number of pyridine rings is 1. The second-order valence-electron chi connectivity index (χ2n) is 5.57. The molecule has 0 spiro atoms. The van der Waals surface area contributed by atoms with Crippen LogP contribution >= 0.6 is 15.9 Å². The van der Waals surface area contributed by atoms with Crippen molar-refractivity contribution < 1.29 is 0 Å². The van der Waals surface area contributed by atoms with Gasteiger partial charge in [0.15, 0.2) is 0 Å². The zero-order chi connectivity index (χ0) is 15.0. The summed E-state index contributed by atoms with van der Waals surface area (Å²) in [5, 5.41) is 1.12. The molecule has 0 fully saturated rings. The first-order valence-corrected chi connectivity index (χ1v) is 7.69. The molecule has 3 rings (SSSR count). The predicted octanol–water partition coefficient (Wildman–Crippen LogP) is 4.53. The van der Waals surface area contributed by atoms with Crippen LogP contribution in [0.2, 0.25) is 0 Å². The van der Waals surface area contributed by atoms with Crippen molar-refractivity contribution in [3.05, 3.63) is 75.9 Å². The highest BCUT2D eigenvalue weighted by molar-refractivity contribution is 9.10.